The van der Waals surface area contributed by atoms with Crippen molar-refractivity contribution in [1.29, 1.82) is 0 Å². The zero-order valence-electron chi connectivity index (χ0n) is 13.1. The summed E-state index contributed by atoms with van der Waals surface area (Å²) < 4.78 is 27.5. The average molecular weight is 367 g/mol. The Morgan fingerprint density at radius 3 is 2.62 bits per heavy atom. The van der Waals surface area contributed by atoms with Gasteiger partial charge < -0.3 is 0 Å². The predicted molar refractivity (Wildman–Crippen MR) is 92.1 cm³/mol. The fraction of sp³-hybridized carbons (Fsp3) is 0.250. The standard InChI is InChI=1S/C16H15ClN2O4S/c1-10-7-12-5-3-4-6-15(12)18(10)24(22,23)13-8-14(17)11(2)16(9-13)19(20)21/h3-6,8-10H,7H2,1-2H3/t10-/m1/s1. The van der Waals surface area contributed by atoms with Crippen LogP contribution < -0.4 is 4.31 Å². The van der Waals surface area contributed by atoms with E-state index in [4.69, 9.17) is 11.6 Å². The summed E-state index contributed by atoms with van der Waals surface area (Å²) in [6, 6.07) is 9.31. The first-order chi connectivity index (χ1) is 11.2. The van der Waals surface area contributed by atoms with Crippen LogP contribution in [-0.2, 0) is 16.4 Å². The number of anilines is 1. The summed E-state index contributed by atoms with van der Waals surface area (Å²) >= 11 is 6.02. The minimum Gasteiger partial charge on any atom is -0.263 e. The lowest BCUT2D eigenvalue weighted by atomic mass is 10.1. The number of nitrogens with zero attached hydrogens (tertiary/aromatic N) is 2. The monoisotopic (exact) mass is 366 g/mol. The number of rotatable bonds is 3. The molecule has 0 unspecified atom stereocenters. The fourth-order valence-electron chi connectivity index (χ4n) is 3.00. The van der Waals surface area contributed by atoms with Gasteiger partial charge in [0.15, 0.2) is 0 Å². The molecule has 0 fully saturated rings. The van der Waals surface area contributed by atoms with Crippen molar-refractivity contribution in [3.8, 4) is 0 Å². The molecule has 8 heteroatoms. The molecule has 0 N–H and O–H groups in total. The Kier molecular flexibility index (Phi) is 4.01. The molecule has 0 bridgehead atoms. The number of sulfonamides is 1. The Balaban J connectivity index is 2.18. The summed E-state index contributed by atoms with van der Waals surface area (Å²) in [5.74, 6) is 0. The highest BCUT2D eigenvalue weighted by molar-refractivity contribution is 7.92. The van der Waals surface area contributed by atoms with Gasteiger partial charge in [-0.3, -0.25) is 14.4 Å². The number of halogens is 1. The molecule has 6 nitrogen and oxygen atoms in total. The van der Waals surface area contributed by atoms with Crippen molar-refractivity contribution >= 4 is 33.0 Å². The first-order valence-corrected chi connectivity index (χ1v) is 9.12. The molecule has 0 aliphatic carbocycles. The summed E-state index contributed by atoms with van der Waals surface area (Å²) in [4.78, 5) is 10.4. The second-order valence-corrected chi connectivity index (χ2v) is 8.01. The number of nitro groups is 1. The predicted octanol–water partition coefficient (Wildman–Crippen LogP) is 3.70. The second kappa shape index (κ2) is 5.75. The fourth-order valence-corrected chi connectivity index (χ4v) is 5.01. The molecule has 2 aromatic rings. The summed E-state index contributed by atoms with van der Waals surface area (Å²) in [6.45, 7) is 3.30. The van der Waals surface area contributed by atoms with Crippen LogP contribution in [0.1, 0.15) is 18.1 Å². The van der Waals surface area contributed by atoms with Crippen molar-refractivity contribution in [3.05, 3.63) is 62.7 Å². The third-order valence-electron chi connectivity index (χ3n) is 4.19. The molecular weight excluding hydrogens is 352 g/mol. The van der Waals surface area contributed by atoms with E-state index in [-0.39, 0.29) is 27.2 Å². The summed E-state index contributed by atoms with van der Waals surface area (Å²) in [6.07, 6.45) is 0.594. The van der Waals surface area contributed by atoms with Crippen molar-refractivity contribution in [2.45, 2.75) is 31.2 Å². The van der Waals surface area contributed by atoms with Gasteiger partial charge in [0.2, 0.25) is 0 Å². The van der Waals surface area contributed by atoms with Crippen LogP contribution in [0.4, 0.5) is 11.4 Å². The van der Waals surface area contributed by atoms with Gasteiger partial charge in [0, 0.05) is 17.7 Å². The van der Waals surface area contributed by atoms with Crippen LogP contribution in [0.5, 0.6) is 0 Å². The molecule has 1 heterocycles. The normalized spacial score (nSPS) is 17.0. The van der Waals surface area contributed by atoms with Gasteiger partial charge in [0.25, 0.3) is 15.7 Å². The van der Waals surface area contributed by atoms with Crippen molar-refractivity contribution in [2.75, 3.05) is 4.31 Å². The number of fused-ring (bicyclic) bond motifs is 1. The van der Waals surface area contributed by atoms with E-state index >= 15 is 0 Å². The van der Waals surface area contributed by atoms with Crippen LogP contribution >= 0.6 is 11.6 Å². The van der Waals surface area contributed by atoms with Crippen molar-refractivity contribution in [3.63, 3.8) is 0 Å². The number of hydrogen-bond acceptors (Lipinski definition) is 4. The van der Waals surface area contributed by atoms with E-state index < -0.39 is 14.9 Å². The zero-order chi connectivity index (χ0) is 17.6. The van der Waals surface area contributed by atoms with Gasteiger partial charge in [0.05, 0.1) is 20.5 Å². The molecular formula is C16H15ClN2O4S. The lowest BCUT2D eigenvalue weighted by Crippen LogP contribution is -2.35. The number of hydrogen-bond donors (Lipinski definition) is 0. The number of nitro benzene ring substituents is 1. The minimum atomic E-state index is -3.95. The summed E-state index contributed by atoms with van der Waals surface area (Å²) in [5.41, 5.74) is 1.47. The molecule has 24 heavy (non-hydrogen) atoms. The highest BCUT2D eigenvalue weighted by atomic mass is 35.5. The zero-order valence-corrected chi connectivity index (χ0v) is 14.6. The van der Waals surface area contributed by atoms with Gasteiger partial charge in [0.1, 0.15) is 0 Å². The Bertz CT molecular complexity index is 943. The minimum absolute atomic E-state index is 0.0583. The van der Waals surface area contributed by atoms with Crippen LogP contribution in [0.25, 0.3) is 0 Å². The topological polar surface area (TPSA) is 80.5 Å². The van der Waals surface area contributed by atoms with Gasteiger partial charge in [-0.1, -0.05) is 29.8 Å². The van der Waals surface area contributed by atoms with Crippen LogP contribution in [0, 0.1) is 17.0 Å². The van der Waals surface area contributed by atoms with Gasteiger partial charge in [-0.2, -0.15) is 0 Å². The largest absolute Gasteiger partial charge is 0.275 e. The SMILES string of the molecule is Cc1c(Cl)cc(S(=O)(=O)N2c3ccccc3C[C@H]2C)cc1[N+](=O)[O-]. The molecule has 0 saturated carbocycles. The van der Waals surface area contributed by atoms with E-state index in [9.17, 15) is 18.5 Å². The number of para-hydroxylation sites is 1. The summed E-state index contributed by atoms with van der Waals surface area (Å²) in [5, 5.41) is 11.2. The molecule has 126 valence electrons. The maximum atomic E-state index is 13.1. The van der Waals surface area contributed by atoms with Gasteiger partial charge in [-0.05, 0) is 38.0 Å². The van der Waals surface area contributed by atoms with Crippen molar-refractivity contribution < 1.29 is 13.3 Å². The molecule has 0 spiro atoms. The molecule has 1 aliphatic heterocycles. The molecule has 1 atom stereocenters. The second-order valence-electron chi connectivity index (χ2n) is 5.79. The molecule has 0 saturated heterocycles. The first-order valence-electron chi connectivity index (χ1n) is 7.30. The Morgan fingerprint density at radius 2 is 1.96 bits per heavy atom. The maximum Gasteiger partial charge on any atom is 0.275 e. The summed E-state index contributed by atoms with van der Waals surface area (Å²) in [7, 11) is -3.95. The van der Waals surface area contributed by atoms with Crippen LogP contribution in [0.3, 0.4) is 0 Å². The molecule has 0 radical (unpaired) electrons. The van der Waals surface area contributed by atoms with Gasteiger partial charge in [-0.25, -0.2) is 8.42 Å². The number of benzene rings is 2. The molecule has 0 amide bonds. The van der Waals surface area contributed by atoms with Crippen molar-refractivity contribution in [1.82, 2.24) is 0 Å². The van der Waals surface area contributed by atoms with E-state index in [1.807, 2.05) is 19.1 Å². The van der Waals surface area contributed by atoms with E-state index in [1.165, 1.54) is 17.3 Å². The highest BCUT2D eigenvalue weighted by Gasteiger charge is 2.37. The van der Waals surface area contributed by atoms with Crippen LogP contribution in [0.15, 0.2) is 41.3 Å². The molecule has 3 rings (SSSR count). The third kappa shape index (κ3) is 2.53. The smallest absolute Gasteiger partial charge is 0.263 e. The van der Waals surface area contributed by atoms with Crippen LogP contribution in [0.2, 0.25) is 5.02 Å². The lowest BCUT2D eigenvalue weighted by molar-refractivity contribution is -0.385. The Hall–Kier alpha value is -2.12. The average Bonchev–Trinajstić information content (AvgIpc) is 2.85. The Labute approximate surface area is 144 Å². The highest BCUT2D eigenvalue weighted by Crippen LogP contribution is 2.38. The van der Waals surface area contributed by atoms with Gasteiger partial charge >= 0.3 is 0 Å². The van der Waals surface area contributed by atoms with E-state index in [0.29, 0.717) is 12.1 Å². The molecule has 1 aliphatic rings. The quantitative estimate of drug-likeness (QED) is 0.612. The van der Waals surface area contributed by atoms with Crippen molar-refractivity contribution in [2.24, 2.45) is 0 Å². The lowest BCUT2D eigenvalue weighted by Gasteiger charge is -2.24. The van der Waals surface area contributed by atoms with Gasteiger partial charge in [-0.15, -0.1) is 0 Å². The van der Waals surface area contributed by atoms with Crippen LogP contribution in [-0.4, -0.2) is 19.4 Å². The van der Waals surface area contributed by atoms with E-state index in [0.717, 1.165) is 11.6 Å². The van der Waals surface area contributed by atoms with E-state index in [2.05, 4.69) is 0 Å². The van der Waals surface area contributed by atoms with E-state index in [1.54, 1.807) is 12.1 Å². The third-order valence-corrected chi connectivity index (χ3v) is 6.49. The molecule has 2 aromatic carbocycles. The molecule has 0 aromatic heterocycles. The first kappa shape index (κ1) is 16.7. The Morgan fingerprint density at radius 1 is 1.29 bits per heavy atom. The maximum absolute atomic E-state index is 13.1.